The van der Waals surface area contributed by atoms with E-state index in [2.05, 4.69) is 0 Å². The number of carboxylic acid groups (broad SMARTS) is 1. The molecule has 19 heavy (non-hydrogen) atoms. The van der Waals surface area contributed by atoms with Gasteiger partial charge in [-0.2, -0.15) is 0 Å². The van der Waals surface area contributed by atoms with Crippen molar-refractivity contribution < 1.29 is 23.5 Å². The van der Waals surface area contributed by atoms with E-state index in [9.17, 15) is 18.4 Å². The van der Waals surface area contributed by atoms with Crippen LogP contribution < -0.4 is 5.32 Å². The molecule has 5 nitrogen and oxygen atoms in total. The smallest absolute Gasteiger partial charge is 0.323 e. The van der Waals surface area contributed by atoms with Gasteiger partial charge in [-0.1, -0.05) is 6.07 Å². The summed E-state index contributed by atoms with van der Waals surface area (Å²) in [5.74, 6) is -3.00. The summed E-state index contributed by atoms with van der Waals surface area (Å²) in [6, 6.07) is 1.41. The lowest BCUT2D eigenvalue weighted by Gasteiger charge is -2.19. The average Bonchev–Trinajstić information content (AvgIpc) is 2.35. The van der Waals surface area contributed by atoms with Crippen LogP contribution in [0.15, 0.2) is 12.1 Å². The van der Waals surface area contributed by atoms with Crippen LogP contribution in [-0.4, -0.2) is 35.1 Å². The highest BCUT2D eigenvalue weighted by Crippen LogP contribution is 2.21. The fraction of sp³-hybridized carbons (Fsp3) is 0.333. The molecule has 0 aliphatic heterocycles. The van der Waals surface area contributed by atoms with Gasteiger partial charge in [0.05, 0.1) is 0 Å². The van der Waals surface area contributed by atoms with Crippen LogP contribution in [0.5, 0.6) is 0 Å². The minimum atomic E-state index is -1.21. The van der Waals surface area contributed by atoms with Gasteiger partial charge in [0.2, 0.25) is 0 Å². The van der Waals surface area contributed by atoms with Gasteiger partial charge in [-0.3, -0.25) is 4.79 Å². The van der Waals surface area contributed by atoms with Crippen LogP contribution >= 0.6 is 0 Å². The molecule has 0 aliphatic carbocycles. The summed E-state index contributed by atoms with van der Waals surface area (Å²) in [6.07, 6.45) is 0. The fourth-order valence-corrected chi connectivity index (χ4v) is 1.45. The molecule has 1 rings (SSSR count). The number of benzene rings is 1. The van der Waals surface area contributed by atoms with Crippen molar-refractivity contribution in [2.45, 2.75) is 13.8 Å². The molecule has 0 heterocycles. The number of anilines is 1. The van der Waals surface area contributed by atoms with Gasteiger partial charge in [-0.25, -0.2) is 13.6 Å². The van der Waals surface area contributed by atoms with Crippen LogP contribution in [0.3, 0.4) is 0 Å². The number of likely N-dealkylation sites (N-methyl/N-ethyl adjacent to an activating group) is 1. The Morgan fingerprint density at radius 1 is 1.37 bits per heavy atom. The van der Waals surface area contributed by atoms with Gasteiger partial charge in [0, 0.05) is 6.54 Å². The molecule has 0 aliphatic rings. The zero-order valence-electron chi connectivity index (χ0n) is 10.5. The van der Waals surface area contributed by atoms with Crippen molar-refractivity contribution in [1.29, 1.82) is 0 Å². The molecular formula is C12H14F2N2O3. The Hall–Kier alpha value is -2.18. The molecule has 1 aromatic rings. The highest BCUT2D eigenvalue weighted by Gasteiger charge is 2.19. The normalized spacial score (nSPS) is 10.1. The second-order valence-electron chi connectivity index (χ2n) is 3.89. The maximum atomic E-state index is 13.7. The van der Waals surface area contributed by atoms with Crippen LogP contribution in [0.4, 0.5) is 19.3 Å². The summed E-state index contributed by atoms with van der Waals surface area (Å²) in [7, 11) is 0. The first-order valence-electron chi connectivity index (χ1n) is 5.59. The van der Waals surface area contributed by atoms with Crippen molar-refractivity contribution in [1.82, 2.24) is 4.90 Å². The summed E-state index contributed by atoms with van der Waals surface area (Å²) in [5.41, 5.74) is -0.396. The molecule has 104 valence electrons. The fourth-order valence-electron chi connectivity index (χ4n) is 1.45. The molecular weight excluding hydrogens is 258 g/mol. The lowest BCUT2D eigenvalue weighted by molar-refractivity contribution is -0.137. The minimum absolute atomic E-state index is 0.104. The summed E-state index contributed by atoms with van der Waals surface area (Å²) < 4.78 is 27.1. The molecule has 0 spiro atoms. The molecule has 0 unspecified atom stereocenters. The van der Waals surface area contributed by atoms with E-state index in [0.29, 0.717) is 0 Å². The third kappa shape index (κ3) is 3.64. The maximum absolute atomic E-state index is 13.7. The van der Waals surface area contributed by atoms with Crippen molar-refractivity contribution in [3.8, 4) is 0 Å². The number of hydrogen-bond acceptors (Lipinski definition) is 2. The summed E-state index contributed by atoms with van der Waals surface area (Å²) >= 11 is 0. The maximum Gasteiger partial charge on any atom is 0.323 e. The van der Waals surface area contributed by atoms with Gasteiger partial charge < -0.3 is 15.3 Å². The molecule has 0 fully saturated rings. The molecule has 0 aromatic heterocycles. The van der Waals surface area contributed by atoms with Crippen LogP contribution in [0, 0.1) is 18.6 Å². The number of aliphatic carboxylic acids is 1. The van der Waals surface area contributed by atoms with Gasteiger partial charge in [-0.05, 0) is 25.5 Å². The van der Waals surface area contributed by atoms with E-state index in [-0.39, 0.29) is 12.1 Å². The molecule has 2 N–H and O–H groups in total. The van der Waals surface area contributed by atoms with Crippen LogP contribution in [0.2, 0.25) is 0 Å². The first-order chi connectivity index (χ1) is 8.86. The second kappa shape index (κ2) is 6.12. The predicted octanol–water partition coefficient (Wildman–Crippen LogP) is 2.21. The van der Waals surface area contributed by atoms with Crippen molar-refractivity contribution in [2.75, 3.05) is 18.4 Å². The number of nitrogens with zero attached hydrogens (tertiary/aromatic N) is 1. The van der Waals surface area contributed by atoms with E-state index in [1.165, 1.54) is 13.0 Å². The minimum Gasteiger partial charge on any atom is -0.480 e. The number of amides is 2. The van der Waals surface area contributed by atoms with E-state index in [1.54, 1.807) is 6.92 Å². The zero-order chi connectivity index (χ0) is 14.6. The number of carboxylic acids is 1. The molecule has 0 bridgehead atoms. The summed E-state index contributed by atoms with van der Waals surface area (Å²) in [5, 5.41) is 10.7. The Bertz CT molecular complexity index is 506. The molecule has 1 aromatic carbocycles. The number of nitrogens with one attached hydrogen (secondary N) is 1. The SMILES string of the molecule is CCN(CC(=O)O)C(=O)Nc1c(F)ccc(C)c1F. The Labute approximate surface area is 108 Å². The van der Waals surface area contributed by atoms with Crippen molar-refractivity contribution in [3.63, 3.8) is 0 Å². The van der Waals surface area contributed by atoms with Crippen molar-refractivity contribution in [3.05, 3.63) is 29.3 Å². The van der Waals surface area contributed by atoms with Gasteiger partial charge in [0.15, 0.2) is 5.82 Å². The standard InChI is InChI=1S/C12H14F2N2O3/c1-3-16(6-9(17)18)12(19)15-11-8(13)5-4-7(2)10(11)14/h4-5H,3,6H2,1-2H3,(H,15,19)(H,17,18). The third-order valence-electron chi connectivity index (χ3n) is 2.51. The van der Waals surface area contributed by atoms with Gasteiger partial charge in [0.1, 0.15) is 18.0 Å². The monoisotopic (exact) mass is 272 g/mol. The quantitative estimate of drug-likeness (QED) is 0.882. The number of urea groups is 1. The van der Waals surface area contributed by atoms with E-state index in [4.69, 9.17) is 5.11 Å². The number of carbonyl (C=O) groups is 2. The largest absolute Gasteiger partial charge is 0.480 e. The lowest BCUT2D eigenvalue weighted by atomic mass is 10.2. The van der Waals surface area contributed by atoms with Gasteiger partial charge >= 0.3 is 12.0 Å². The first kappa shape index (κ1) is 14.9. The lowest BCUT2D eigenvalue weighted by Crippen LogP contribution is -2.38. The number of halogens is 2. The molecule has 2 amide bonds. The molecule has 0 saturated carbocycles. The highest BCUT2D eigenvalue weighted by molar-refractivity contribution is 5.91. The Morgan fingerprint density at radius 2 is 2.00 bits per heavy atom. The zero-order valence-corrected chi connectivity index (χ0v) is 10.5. The molecule has 7 heteroatoms. The average molecular weight is 272 g/mol. The van der Waals surface area contributed by atoms with Gasteiger partial charge in [-0.15, -0.1) is 0 Å². The predicted molar refractivity (Wildman–Crippen MR) is 65.0 cm³/mol. The Kier molecular flexibility index (Phi) is 4.80. The third-order valence-corrected chi connectivity index (χ3v) is 2.51. The van der Waals surface area contributed by atoms with Gasteiger partial charge in [0.25, 0.3) is 0 Å². The summed E-state index contributed by atoms with van der Waals surface area (Å²) in [6.45, 7) is 2.55. The number of rotatable bonds is 4. The van der Waals surface area contributed by atoms with E-state index < -0.39 is 35.9 Å². The summed E-state index contributed by atoms with van der Waals surface area (Å²) in [4.78, 5) is 23.2. The highest BCUT2D eigenvalue weighted by atomic mass is 19.1. The second-order valence-corrected chi connectivity index (χ2v) is 3.89. The Balaban J connectivity index is 2.93. The first-order valence-corrected chi connectivity index (χ1v) is 5.59. The van der Waals surface area contributed by atoms with Crippen molar-refractivity contribution >= 4 is 17.7 Å². The molecule has 0 saturated heterocycles. The van der Waals surface area contributed by atoms with E-state index >= 15 is 0 Å². The molecule has 0 radical (unpaired) electrons. The van der Waals surface area contributed by atoms with Crippen molar-refractivity contribution in [2.24, 2.45) is 0 Å². The number of aryl methyl sites for hydroxylation is 1. The van der Waals surface area contributed by atoms with Crippen LogP contribution in [-0.2, 0) is 4.79 Å². The Morgan fingerprint density at radius 3 is 2.53 bits per heavy atom. The van der Waals surface area contributed by atoms with E-state index in [0.717, 1.165) is 11.0 Å². The van der Waals surface area contributed by atoms with E-state index in [1.807, 2.05) is 5.32 Å². The van der Waals surface area contributed by atoms with Crippen LogP contribution in [0.25, 0.3) is 0 Å². The molecule has 0 atom stereocenters. The number of carbonyl (C=O) groups excluding carboxylic acids is 1. The number of hydrogen-bond donors (Lipinski definition) is 2. The topological polar surface area (TPSA) is 69.6 Å². The van der Waals surface area contributed by atoms with Crippen LogP contribution in [0.1, 0.15) is 12.5 Å².